The summed E-state index contributed by atoms with van der Waals surface area (Å²) in [4.78, 5) is 7.98. The highest BCUT2D eigenvalue weighted by Gasteiger charge is 2.09. The predicted octanol–water partition coefficient (Wildman–Crippen LogP) is 1.65. The Labute approximate surface area is 98.3 Å². The Morgan fingerprint density at radius 2 is 1.94 bits per heavy atom. The molecular weight excluding hydrogens is 221 g/mol. The van der Waals surface area contributed by atoms with Crippen LogP contribution < -0.4 is 10.5 Å². The summed E-state index contributed by atoms with van der Waals surface area (Å²) < 4.78 is 18.9. The van der Waals surface area contributed by atoms with E-state index in [4.69, 9.17) is 10.5 Å². The van der Waals surface area contributed by atoms with Crippen molar-refractivity contribution in [2.45, 2.75) is 13.2 Å². The lowest BCUT2D eigenvalue weighted by molar-refractivity contribution is 0.278. The molecule has 1 aromatic carbocycles. The molecule has 0 spiro atoms. The number of ether oxygens (including phenoxy) is 1. The molecule has 4 nitrogen and oxygen atoms in total. The maximum atomic E-state index is 13.5. The number of benzene rings is 1. The summed E-state index contributed by atoms with van der Waals surface area (Å²) in [5.41, 5.74) is 6.14. The summed E-state index contributed by atoms with van der Waals surface area (Å²) in [6.45, 7) is 0.345. The highest BCUT2D eigenvalue weighted by molar-refractivity contribution is 5.34. The Morgan fingerprint density at radius 1 is 1.18 bits per heavy atom. The van der Waals surface area contributed by atoms with E-state index in [1.54, 1.807) is 30.6 Å². The van der Waals surface area contributed by atoms with E-state index in [1.165, 1.54) is 6.07 Å². The minimum atomic E-state index is -0.427. The molecule has 2 aromatic rings. The molecule has 1 aromatic heterocycles. The maximum absolute atomic E-state index is 13.5. The number of hydrogen-bond donors (Lipinski definition) is 1. The first-order valence-electron chi connectivity index (χ1n) is 5.17. The van der Waals surface area contributed by atoms with Gasteiger partial charge in [-0.05, 0) is 12.1 Å². The monoisotopic (exact) mass is 233 g/mol. The van der Waals surface area contributed by atoms with E-state index in [2.05, 4.69) is 9.97 Å². The van der Waals surface area contributed by atoms with Gasteiger partial charge in [0.2, 0.25) is 0 Å². The molecular formula is C12H12FN3O. The lowest BCUT2D eigenvalue weighted by atomic mass is 10.2. The molecule has 0 atom stereocenters. The van der Waals surface area contributed by atoms with Gasteiger partial charge in [-0.25, -0.2) is 14.4 Å². The van der Waals surface area contributed by atoms with E-state index < -0.39 is 5.82 Å². The van der Waals surface area contributed by atoms with Crippen LogP contribution in [0, 0.1) is 5.82 Å². The second kappa shape index (κ2) is 5.36. The Morgan fingerprint density at radius 3 is 2.65 bits per heavy atom. The largest absolute Gasteiger partial charge is 0.482 e. The number of aromatic nitrogens is 2. The molecule has 0 aliphatic rings. The second-order valence-electron chi connectivity index (χ2n) is 3.39. The molecule has 0 radical (unpaired) electrons. The summed E-state index contributed by atoms with van der Waals surface area (Å²) in [6.07, 6.45) is 3.22. The van der Waals surface area contributed by atoms with Crippen LogP contribution in [0.15, 0.2) is 36.7 Å². The minimum Gasteiger partial charge on any atom is -0.482 e. The molecule has 17 heavy (non-hydrogen) atoms. The Kier molecular flexibility index (Phi) is 3.62. The van der Waals surface area contributed by atoms with Gasteiger partial charge in [-0.2, -0.15) is 0 Å². The van der Waals surface area contributed by atoms with Crippen LogP contribution in [0.1, 0.15) is 11.4 Å². The highest BCUT2D eigenvalue weighted by atomic mass is 19.1. The quantitative estimate of drug-likeness (QED) is 0.872. The molecule has 0 amide bonds. The SMILES string of the molecule is NCc1cccc(F)c1OCc1ncccn1. The average Bonchev–Trinajstić information content (AvgIpc) is 2.38. The molecule has 5 heteroatoms. The van der Waals surface area contributed by atoms with Crippen molar-refractivity contribution < 1.29 is 9.13 Å². The van der Waals surface area contributed by atoms with Gasteiger partial charge in [-0.15, -0.1) is 0 Å². The van der Waals surface area contributed by atoms with Crippen molar-refractivity contribution in [3.05, 3.63) is 53.9 Å². The summed E-state index contributed by atoms with van der Waals surface area (Å²) in [5.74, 6) is 0.241. The first-order valence-corrected chi connectivity index (χ1v) is 5.17. The van der Waals surface area contributed by atoms with Crippen LogP contribution in [0.25, 0.3) is 0 Å². The Bertz CT molecular complexity index is 490. The molecule has 88 valence electrons. The molecule has 2 N–H and O–H groups in total. The van der Waals surface area contributed by atoms with Gasteiger partial charge in [-0.1, -0.05) is 12.1 Å². The van der Waals surface area contributed by atoms with Crippen LogP contribution in [-0.4, -0.2) is 9.97 Å². The molecule has 0 saturated carbocycles. The minimum absolute atomic E-state index is 0.120. The number of hydrogen-bond acceptors (Lipinski definition) is 4. The van der Waals surface area contributed by atoms with Crippen LogP contribution in [0.5, 0.6) is 5.75 Å². The zero-order valence-electron chi connectivity index (χ0n) is 9.14. The number of rotatable bonds is 4. The standard InChI is InChI=1S/C12H12FN3O/c13-10-4-1-3-9(7-14)12(10)17-8-11-15-5-2-6-16-11/h1-6H,7-8,14H2. The van der Waals surface area contributed by atoms with Gasteiger partial charge in [0, 0.05) is 24.5 Å². The van der Waals surface area contributed by atoms with E-state index in [0.717, 1.165) is 0 Å². The van der Waals surface area contributed by atoms with Gasteiger partial charge in [-0.3, -0.25) is 0 Å². The number of nitrogens with two attached hydrogens (primary N) is 1. The van der Waals surface area contributed by atoms with Crippen molar-refractivity contribution in [1.29, 1.82) is 0 Å². The zero-order chi connectivity index (χ0) is 12.1. The van der Waals surface area contributed by atoms with Crippen molar-refractivity contribution in [3.8, 4) is 5.75 Å². The molecule has 2 rings (SSSR count). The van der Waals surface area contributed by atoms with E-state index in [9.17, 15) is 4.39 Å². The number of para-hydroxylation sites is 1. The van der Waals surface area contributed by atoms with Crippen LogP contribution in [0.4, 0.5) is 4.39 Å². The molecule has 0 aliphatic heterocycles. The second-order valence-corrected chi connectivity index (χ2v) is 3.39. The van der Waals surface area contributed by atoms with Gasteiger partial charge in [0.1, 0.15) is 6.61 Å². The highest BCUT2D eigenvalue weighted by Crippen LogP contribution is 2.22. The fourth-order valence-electron chi connectivity index (χ4n) is 1.42. The summed E-state index contributed by atoms with van der Waals surface area (Å²) in [6, 6.07) is 6.37. The topological polar surface area (TPSA) is 61.0 Å². The first kappa shape index (κ1) is 11.5. The first-order chi connectivity index (χ1) is 8.31. The molecule has 0 saturated heterocycles. The Balaban J connectivity index is 2.14. The lowest BCUT2D eigenvalue weighted by Gasteiger charge is -2.10. The normalized spacial score (nSPS) is 10.2. The molecule has 0 fully saturated rings. The van der Waals surface area contributed by atoms with Gasteiger partial charge in [0.05, 0.1) is 0 Å². The van der Waals surface area contributed by atoms with E-state index in [0.29, 0.717) is 11.4 Å². The molecule has 1 heterocycles. The fraction of sp³-hybridized carbons (Fsp3) is 0.167. The molecule has 0 unspecified atom stereocenters. The summed E-state index contributed by atoms with van der Waals surface area (Å²) in [5, 5.41) is 0. The van der Waals surface area contributed by atoms with Gasteiger partial charge < -0.3 is 10.5 Å². The smallest absolute Gasteiger partial charge is 0.166 e. The van der Waals surface area contributed by atoms with Crippen LogP contribution >= 0.6 is 0 Å². The van der Waals surface area contributed by atoms with Crippen molar-refractivity contribution in [1.82, 2.24) is 9.97 Å². The maximum Gasteiger partial charge on any atom is 0.166 e. The van der Waals surface area contributed by atoms with Gasteiger partial charge in [0.15, 0.2) is 17.4 Å². The fourth-order valence-corrected chi connectivity index (χ4v) is 1.42. The third-order valence-corrected chi connectivity index (χ3v) is 2.23. The van der Waals surface area contributed by atoms with E-state index in [-0.39, 0.29) is 18.9 Å². The third kappa shape index (κ3) is 2.76. The van der Waals surface area contributed by atoms with E-state index in [1.807, 2.05) is 0 Å². The summed E-state index contributed by atoms with van der Waals surface area (Å²) >= 11 is 0. The third-order valence-electron chi connectivity index (χ3n) is 2.23. The van der Waals surface area contributed by atoms with Crippen molar-refractivity contribution in [3.63, 3.8) is 0 Å². The molecule has 0 bridgehead atoms. The molecule has 0 aliphatic carbocycles. The van der Waals surface area contributed by atoms with Gasteiger partial charge in [0.25, 0.3) is 0 Å². The van der Waals surface area contributed by atoms with Crippen molar-refractivity contribution in [2.24, 2.45) is 5.73 Å². The van der Waals surface area contributed by atoms with Crippen molar-refractivity contribution in [2.75, 3.05) is 0 Å². The number of nitrogens with zero attached hydrogens (tertiary/aromatic N) is 2. The lowest BCUT2D eigenvalue weighted by Crippen LogP contribution is -2.06. The summed E-state index contributed by atoms with van der Waals surface area (Å²) in [7, 11) is 0. The average molecular weight is 233 g/mol. The predicted molar refractivity (Wildman–Crippen MR) is 60.7 cm³/mol. The Hall–Kier alpha value is -2.01. The van der Waals surface area contributed by atoms with Gasteiger partial charge >= 0.3 is 0 Å². The van der Waals surface area contributed by atoms with Crippen LogP contribution in [0.2, 0.25) is 0 Å². The van der Waals surface area contributed by atoms with Crippen LogP contribution in [-0.2, 0) is 13.2 Å². The van der Waals surface area contributed by atoms with Crippen LogP contribution in [0.3, 0.4) is 0 Å². The van der Waals surface area contributed by atoms with Crippen molar-refractivity contribution >= 4 is 0 Å². The zero-order valence-corrected chi connectivity index (χ0v) is 9.14. The number of halogens is 1. The van der Waals surface area contributed by atoms with E-state index >= 15 is 0 Å².